The Balaban J connectivity index is 3.08. The van der Waals surface area contributed by atoms with Crippen LogP contribution < -0.4 is 5.32 Å². The van der Waals surface area contributed by atoms with Crippen LogP contribution in [0.2, 0.25) is 0 Å². The van der Waals surface area contributed by atoms with Gasteiger partial charge in [0.05, 0.1) is 6.07 Å². The van der Waals surface area contributed by atoms with Crippen molar-refractivity contribution in [1.29, 1.82) is 0 Å². The smallest absolute Gasteiger partial charge is 0.289 e. The Bertz CT molecular complexity index is 293. The van der Waals surface area contributed by atoms with E-state index in [4.69, 9.17) is 10.2 Å². The van der Waals surface area contributed by atoms with E-state index in [0.29, 0.717) is 0 Å². The molecule has 0 spiro atoms. The molecule has 1 aromatic rings. The van der Waals surface area contributed by atoms with Gasteiger partial charge in [-0.25, -0.2) is 0 Å². The minimum absolute atomic E-state index is 0.269. The van der Waals surface area contributed by atoms with Crippen molar-refractivity contribution in [2.24, 2.45) is 0 Å². The molecule has 1 amide bonds. The van der Waals surface area contributed by atoms with Crippen molar-refractivity contribution >= 4 is 5.91 Å². The summed E-state index contributed by atoms with van der Waals surface area (Å²) in [4.78, 5) is 17.6. The van der Waals surface area contributed by atoms with E-state index in [1.54, 1.807) is 0 Å². The van der Waals surface area contributed by atoms with Gasteiger partial charge in [-0.15, -0.1) is 0 Å². The summed E-state index contributed by atoms with van der Waals surface area (Å²) in [5, 5.41) is 19.9. The lowest BCUT2D eigenvalue weighted by atomic mass is 10.5. The average Bonchev–Trinajstić information content (AvgIpc) is 2.01. The first-order valence-electron chi connectivity index (χ1n) is 3.12. The molecule has 0 aliphatic rings. The number of nitrogens with one attached hydrogen (secondary N) is 1. The van der Waals surface area contributed by atoms with Crippen LogP contribution in [0.15, 0.2) is 6.07 Å². The molecule has 0 saturated heterocycles. The predicted molar refractivity (Wildman–Crippen MR) is 38.8 cm³/mol. The summed E-state index contributed by atoms with van der Waals surface area (Å²) in [6.45, 7) is 0. The zero-order valence-electron chi connectivity index (χ0n) is 6.27. The van der Waals surface area contributed by atoms with E-state index in [9.17, 15) is 4.79 Å². The Kier molecular flexibility index (Phi) is 2.09. The highest BCUT2D eigenvalue weighted by Crippen LogP contribution is 2.11. The monoisotopic (exact) mass is 169 g/mol. The van der Waals surface area contributed by atoms with Crippen molar-refractivity contribution in [2.45, 2.75) is 0 Å². The number of carbonyl (C=O) groups excluding carboxylic acids is 1. The number of nitrogens with zero attached hydrogens (tertiary/aromatic N) is 2. The van der Waals surface area contributed by atoms with Gasteiger partial charge in [0.25, 0.3) is 5.91 Å². The van der Waals surface area contributed by atoms with Gasteiger partial charge in [-0.1, -0.05) is 0 Å². The van der Waals surface area contributed by atoms with E-state index in [1.807, 2.05) is 0 Å². The molecule has 0 aliphatic heterocycles. The van der Waals surface area contributed by atoms with Crippen LogP contribution in [0, 0.1) is 0 Å². The standard InChI is InChI=1S/C6H7N3O3/c1-7-6(12)5-8-3(10)2-4(11)9-5/h2H,1H3,(H,7,12)(H2,8,9,10,11). The van der Waals surface area contributed by atoms with Crippen LogP contribution in [0.25, 0.3) is 0 Å². The first-order chi connectivity index (χ1) is 5.63. The molecule has 64 valence electrons. The first kappa shape index (κ1) is 8.25. The van der Waals surface area contributed by atoms with Crippen molar-refractivity contribution in [3.05, 3.63) is 11.9 Å². The predicted octanol–water partition coefficient (Wildman–Crippen LogP) is -0.753. The molecule has 0 fully saturated rings. The maximum atomic E-state index is 10.9. The van der Waals surface area contributed by atoms with Gasteiger partial charge in [-0.3, -0.25) is 4.79 Å². The highest BCUT2D eigenvalue weighted by molar-refractivity contribution is 5.90. The molecule has 12 heavy (non-hydrogen) atoms. The number of aromatic nitrogens is 2. The van der Waals surface area contributed by atoms with E-state index >= 15 is 0 Å². The van der Waals surface area contributed by atoms with Gasteiger partial charge in [0.2, 0.25) is 17.6 Å². The fraction of sp³-hybridized carbons (Fsp3) is 0.167. The van der Waals surface area contributed by atoms with Crippen LogP contribution in [-0.4, -0.2) is 33.1 Å². The summed E-state index contributed by atoms with van der Waals surface area (Å²) in [6.07, 6.45) is 0. The Morgan fingerprint density at radius 1 is 1.42 bits per heavy atom. The molecule has 6 nitrogen and oxygen atoms in total. The van der Waals surface area contributed by atoms with Crippen LogP contribution in [0.5, 0.6) is 11.8 Å². The van der Waals surface area contributed by atoms with E-state index < -0.39 is 17.7 Å². The Morgan fingerprint density at radius 3 is 2.33 bits per heavy atom. The summed E-state index contributed by atoms with van der Waals surface area (Å²) in [5.74, 6) is -1.72. The van der Waals surface area contributed by atoms with Crippen molar-refractivity contribution in [1.82, 2.24) is 15.3 Å². The van der Waals surface area contributed by atoms with E-state index in [0.717, 1.165) is 6.07 Å². The minimum atomic E-state index is -0.568. The highest BCUT2D eigenvalue weighted by atomic mass is 16.3. The molecule has 0 atom stereocenters. The normalized spacial score (nSPS) is 9.42. The molecule has 0 radical (unpaired) electrons. The Morgan fingerprint density at radius 2 is 1.92 bits per heavy atom. The van der Waals surface area contributed by atoms with Crippen molar-refractivity contribution in [3.8, 4) is 11.8 Å². The van der Waals surface area contributed by atoms with Gasteiger partial charge in [0.1, 0.15) is 0 Å². The zero-order valence-corrected chi connectivity index (χ0v) is 6.27. The number of rotatable bonds is 1. The molecule has 0 saturated carbocycles. The van der Waals surface area contributed by atoms with Gasteiger partial charge in [0, 0.05) is 7.05 Å². The summed E-state index contributed by atoms with van der Waals surface area (Å²) < 4.78 is 0. The quantitative estimate of drug-likeness (QED) is 0.514. The fourth-order valence-electron chi connectivity index (χ4n) is 0.635. The number of amides is 1. The molecule has 1 heterocycles. The summed E-state index contributed by atoms with van der Waals surface area (Å²) in [6, 6.07) is 0.937. The lowest BCUT2D eigenvalue weighted by Gasteiger charge is -1.98. The molecule has 0 aromatic carbocycles. The summed E-state index contributed by atoms with van der Waals surface area (Å²) in [5.41, 5.74) is 0. The molecule has 1 aromatic heterocycles. The number of hydrogen-bond acceptors (Lipinski definition) is 5. The second-order valence-electron chi connectivity index (χ2n) is 1.99. The lowest BCUT2D eigenvalue weighted by molar-refractivity contribution is 0.0950. The van der Waals surface area contributed by atoms with Gasteiger partial charge in [0.15, 0.2) is 0 Å². The first-order valence-corrected chi connectivity index (χ1v) is 3.12. The molecular formula is C6H7N3O3. The maximum Gasteiger partial charge on any atom is 0.289 e. The third-order valence-corrected chi connectivity index (χ3v) is 1.13. The van der Waals surface area contributed by atoms with Crippen molar-refractivity contribution in [3.63, 3.8) is 0 Å². The summed E-state index contributed by atoms with van der Waals surface area (Å²) in [7, 11) is 1.40. The van der Waals surface area contributed by atoms with Crippen LogP contribution in [0.4, 0.5) is 0 Å². The van der Waals surface area contributed by atoms with Gasteiger partial charge < -0.3 is 15.5 Å². The molecule has 1 rings (SSSR count). The highest BCUT2D eigenvalue weighted by Gasteiger charge is 2.09. The third-order valence-electron chi connectivity index (χ3n) is 1.13. The Labute approximate surface area is 67.9 Å². The van der Waals surface area contributed by atoms with Crippen molar-refractivity contribution < 1.29 is 15.0 Å². The molecular weight excluding hydrogens is 162 g/mol. The summed E-state index contributed by atoms with van der Waals surface area (Å²) >= 11 is 0. The minimum Gasteiger partial charge on any atom is -0.493 e. The van der Waals surface area contributed by atoms with Gasteiger partial charge >= 0.3 is 0 Å². The van der Waals surface area contributed by atoms with E-state index in [-0.39, 0.29) is 5.82 Å². The molecule has 0 aliphatic carbocycles. The van der Waals surface area contributed by atoms with Gasteiger partial charge in [-0.05, 0) is 0 Å². The van der Waals surface area contributed by atoms with Gasteiger partial charge in [-0.2, -0.15) is 9.97 Å². The van der Waals surface area contributed by atoms with Crippen LogP contribution in [0.3, 0.4) is 0 Å². The van der Waals surface area contributed by atoms with Crippen LogP contribution in [0.1, 0.15) is 10.6 Å². The number of aromatic hydroxyl groups is 2. The Hall–Kier alpha value is -1.85. The number of hydrogen-bond donors (Lipinski definition) is 3. The van der Waals surface area contributed by atoms with Crippen molar-refractivity contribution in [2.75, 3.05) is 7.05 Å². The lowest BCUT2D eigenvalue weighted by Crippen LogP contribution is -2.20. The maximum absolute atomic E-state index is 10.9. The SMILES string of the molecule is CNC(=O)c1nc(O)cc(O)n1. The van der Waals surface area contributed by atoms with Crippen LogP contribution in [-0.2, 0) is 0 Å². The van der Waals surface area contributed by atoms with Crippen LogP contribution >= 0.6 is 0 Å². The largest absolute Gasteiger partial charge is 0.493 e. The molecule has 6 heteroatoms. The molecule has 0 bridgehead atoms. The van der Waals surface area contributed by atoms with E-state index in [1.165, 1.54) is 7.05 Å². The average molecular weight is 169 g/mol. The fourth-order valence-corrected chi connectivity index (χ4v) is 0.635. The van der Waals surface area contributed by atoms with E-state index in [2.05, 4.69) is 15.3 Å². The third kappa shape index (κ3) is 1.60. The second kappa shape index (κ2) is 3.04. The topological polar surface area (TPSA) is 95.3 Å². The number of carbonyl (C=O) groups is 1. The molecule has 0 unspecified atom stereocenters. The zero-order chi connectivity index (χ0) is 9.14. The second-order valence-corrected chi connectivity index (χ2v) is 1.99. The molecule has 3 N–H and O–H groups in total.